The molecule has 3 unspecified atom stereocenters. The first kappa shape index (κ1) is 32.8. The first-order valence-corrected chi connectivity index (χ1v) is 15.5. The maximum Gasteiger partial charge on any atom is 0.419 e. The Kier molecular flexibility index (Phi) is 10.5. The molecule has 9 heteroatoms. The second-order valence-electron chi connectivity index (χ2n) is 12.4. The van der Waals surface area contributed by atoms with Gasteiger partial charge in [0.2, 0.25) is 0 Å². The van der Waals surface area contributed by atoms with Gasteiger partial charge in [-0.2, -0.15) is 13.2 Å². The van der Waals surface area contributed by atoms with Crippen molar-refractivity contribution >= 4 is 24.3 Å². The molecule has 43 heavy (non-hydrogen) atoms. The van der Waals surface area contributed by atoms with Crippen LogP contribution < -0.4 is 10.1 Å². The molecule has 5 rings (SSSR count). The van der Waals surface area contributed by atoms with Gasteiger partial charge in [0.15, 0.2) is 6.56 Å². The van der Waals surface area contributed by atoms with Crippen LogP contribution in [0, 0.1) is 17.8 Å². The van der Waals surface area contributed by atoms with Crippen molar-refractivity contribution in [2.24, 2.45) is 17.8 Å². The average molecular weight is 611 g/mol. The molecule has 4 nitrogen and oxygen atoms in total. The summed E-state index contributed by atoms with van der Waals surface area (Å²) in [7, 11) is 0. The molecule has 1 amide bonds. The fourth-order valence-corrected chi connectivity index (χ4v) is 5.79. The first-order valence-electron chi connectivity index (χ1n) is 14.7. The lowest BCUT2D eigenvalue weighted by Crippen LogP contribution is -2.32. The van der Waals surface area contributed by atoms with Crippen LogP contribution in [0.2, 0.25) is 6.32 Å². The number of hydrogen-bond acceptors (Lipinski definition) is 4. The molecular formula is C34H40BF3NO3S. The quantitative estimate of drug-likeness (QED) is 0.233. The summed E-state index contributed by atoms with van der Waals surface area (Å²) in [6, 6.07) is 24.6. The van der Waals surface area contributed by atoms with Crippen LogP contribution in [0.4, 0.5) is 18.0 Å². The van der Waals surface area contributed by atoms with Gasteiger partial charge in [-0.1, -0.05) is 107 Å². The molecular weight excluding hydrogens is 570 g/mol. The number of carbonyl (C=O) groups is 1. The maximum absolute atomic E-state index is 13.6. The summed E-state index contributed by atoms with van der Waals surface area (Å²) in [6.07, 6.45) is -3.36. The molecule has 0 heterocycles. The van der Waals surface area contributed by atoms with Crippen molar-refractivity contribution in [3.63, 3.8) is 0 Å². The van der Waals surface area contributed by atoms with Gasteiger partial charge in [0.25, 0.3) is 0 Å². The third-order valence-electron chi connectivity index (χ3n) is 7.62. The number of carbonyl (C=O) groups excluding carboxylic acids is 1. The van der Waals surface area contributed by atoms with Gasteiger partial charge in [-0.05, 0) is 41.2 Å². The third kappa shape index (κ3) is 9.46. The van der Waals surface area contributed by atoms with Gasteiger partial charge in [0.1, 0.15) is 11.4 Å². The van der Waals surface area contributed by atoms with Crippen LogP contribution in [0.3, 0.4) is 0 Å². The fourth-order valence-electron chi connectivity index (χ4n) is 4.86. The van der Waals surface area contributed by atoms with Crippen molar-refractivity contribution in [2.45, 2.75) is 70.4 Å². The molecule has 2 aliphatic rings. The van der Waals surface area contributed by atoms with E-state index < -0.39 is 23.4 Å². The predicted molar refractivity (Wildman–Crippen MR) is 169 cm³/mol. The molecule has 1 radical (unpaired) electrons. The number of hydrogen-bond donors (Lipinski definition) is 1. The van der Waals surface area contributed by atoms with E-state index in [0.29, 0.717) is 11.8 Å². The summed E-state index contributed by atoms with van der Waals surface area (Å²) < 4.78 is 51.9. The molecule has 0 bridgehead atoms. The second-order valence-corrected chi connectivity index (χ2v) is 14.2. The molecule has 2 aliphatic carbocycles. The van der Waals surface area contributed by atoms with Crippen molar-refractivity contribution in [1.82, 2.24) is 5.32 Å². The number of ether oxygens (including phenoxy) is 2. The van der Waals surface area contributed by atoms with Gasteiger partial charge in [0.05, 0.1) is 12.2 Å². The van der Waals surface area contributed by atoms with Crippen molar-refractivity contribution in [3.8, 4) is 16.9 Å². The number of amides is 1. The number of benzene rings is 3. The molecule has 2 saturated carbocycles. The topological polar surface area (TPSA) is 47.6 Å². The lowest BCUT2D eigenvalue weighted by molar-refractivity contribution is -0.139. The summed E-state index contributed by atoms with van der Waals surface area (Å²) in [5.74, 6) is 0.704. The van der Waals surface area contributed by atoms with Gasteiger partial charge in [-0.15, -0.1) is 0 Å². The summed E-state index contributed by atoms with van der Waals surface area (Å²) in [5.41, 5.74) is 1.60. The van der Waals surface area contributed by atoms with Crippen LogP contribution in [0.1, 0.15) is 52.2 Å². The molecule has 3 aromatic carbocycles. The van der Waals surface area contributed by atoms with Crippen molar-refractivity contribution in [3.05, 3.63) is 90.0 Å². The third-order valence-corrected chi connectivity index (χ3v) is 8.69. The monoisotopic (exact) mass is 610 g/mol. The number of halogens is 3. The number of alkyl halides is 3. The Bertz CT molecular complexity index is 1300. The minimum Gasteiger partial charge on any atom is -0.492 e. The molecule has 3 aromatic rings. The standard InChI is InChI=1S/C22H30BF3NO3S.C12H10/c1-13(10-23-31-20(2,3)4)12-29-18-14(7-6-8-15(18)22(24,25)26)11-27-19(28)30-21(5)16-9-17(16)21;1-3-7-11(8-4-1)12-9-5-2-6-10-12/h6-8,13,16-17H,9-12H2,1-5H3,(H,27,28);1-10H. The summed E-state index contributed by atoms with van der Waals surface area (Å²) in [5, 5.41) is 2.58. The Labute approximate surface area is 258 Å². The lowest BCUT2D eigenvalue weighted by Gasteiger charge is -2.22. The second kappa shape index (κ2) is 13.7. The molecule has 0 saturated heterocycles. The number of alkyl carbamates (subject to hydrolysis) is 1. The summed E-state index contributed by atoms with van der Waals surface area (Å²) >= 11 is 1.70. The highest BCUT2D eigenvalue weighted by molar-refractivity contribution is 8.23. The van der Waals surface area contributed by atoms with Crippen LogP contribution in [0.15, 0.2) is 78.9 Å². The van der Waals surface area contributed by atoms with Crippen LogP contribution in [-0.4, -0.2) is 29.6 Å². The molecule has 3 atom stereocenters. The molecule has 1 N–H and O–H groups in total. The Morgan fingerprint density at radius 1 is 0.977 bits per heavy atom. The molecule has 0 spiro atoms. The Hall–Kier alpha value is -3.07. The van der Waals surface area contributed by atoms with Gasteiger partial charge in [0, 0.05) is 23.9 Å². The van der Waals surface area contributed by atoms with E-state index in [-0.39, 0.29) is 35.1 Å². The number of para-hydroxylation sites is 1. The lowest BCUT2D eigenvalue weighted by atomic mass is 9.92. The maximum atomic E-state index is 13.6. The van der Waals surface area contributed by atoms with Crippen LogP contribution in [0.25, 0.3) is 11.1 Å². The summed E-state index contributed by atoms with van der Waals surface area (Å²) in [4.78, 5) is 12.1. The zero-order valence-corrected chi connectivity index (χ0v) is 26.2. The highest BCUT2D eigenvalue weighted by Crippen LogP contribution is 2.72. The zero-order chi connectivity index (χ0) is 31.3. The summed E-state index contributed by atoms with van der Waals surface area (Å²) in [6.45, 7) is 12.3. The molecule has 229 valence electrons. The highest BCUT2D eigenvalue weighted by Gasteiger charge is 2.77. The van der Waals surface area contributed by atoms with Crippen molar-refractivity contribution in [1.29, 1.82) is 0 Å². The van der Waals surface area contributed by atoms with Crippen molar-refractivity contribution < 1.29 is 27.4 Å². The van der Waals surface area contributed by atoms with E-state index in [1.54, 1.807) is 11.6 Å². The number of rotatable bonds is 10. The number of fused-ring (bicyclic) bond motifs is 1. The predicted octanol–water partition coefficient (Wildman–Crippen LogP) is 9.28. The number of nitrogens with one attached hydrogen (secondary N) is 1. The Morgan fingerprint density at radius 3 is 2.05 bits per heavy atom. The van der Waals surface area contributed by atoms with E-state index in [9.17, 15) is 18.0 Å². The fraction of sp³-hybridized carbons (Fsp3) is 0.441. The minimum absolute atomic E-state index is 0.0449. The molecule has 0 aliphatic heterocycles. The molecule has 0 aromatic heterocycles. The smallest absolute Gasteiger partial charge is 0.419 e. The first-order chi connectivity index (χ1) is 20.3. The van der Waals surface area contributed by atoms with E-state index in [1.807, 2.05) is 26.0 Å². The normalized spacial score (nSPS) is 20.9. The van der Waals surface area contributed by atoms with E-state index in [1.165, 1.54) is 23.3 Å². The average Bonchev–Trinajstić information content (AvgIpc) is 3.88. The minimum atomic E-state index is -4.55. The van der Waals surface area contributed by atoms with Crippen LogP contribution in [-0.2, 0) is 17.5 Å². The Balaban J connectivity index is 0.000000292. The highest BCUT2D eigenvalue weighted by atomic mass is 32.2. The molecule has 2 fully saturated rings. The van der Waals surface area contributed by atoms with E-state index in [0.717, 1.165) is 18.8 Å². The van der Waals surface area contributed by atoms with Gasteiger partial charge in [-0.25, -0.2) is 16.4 Å². The Morgan fingerprint density at radius 2 is 1.56 bits per heavy atom. The van der Waals surface area contributed by atoms with Gasteiger partial charge >= 0.3 is 12.3 Å². The zero-order valence-electron chi connectivity index (χ0n) is 25.4. The van der Waals surface area contributed by atoms with Crippen molar-refractivity contribution in [2.75, 3.05) is 6.61 Å². The van der Waals surface area contributed by atoms with Crippen LogP contribution in [0.5, 0.6) is 5.75 Å². The van der Waals surface area contributed by atoms with Crippen LogP contribution >= 0.6 is 11.6 Å². The largest absolute Gasteiger partial charge is 0.492 e. The van der Waals surface area contributed by atoms with E-state index >= 15 is 0 Å². The van der Waals surface area contributed by atoms with Gasteiger partial charge in [-0.3, -0.25) is 0 Å². The van der Waals surface area contributed by atoms with E-state index in [4.69, 9.17) is 9.47 Å². The van der Waals surface area contributed by atoms with E-state index in [2.05, 4.69) is 81.2 Å². The SMILES string of the molecule is CC(C[B]SC(C)(C)C)COc1c(CNC(=O)OC2(C)C3CC32)cccc1C(F)(F)F.c1ccc(-c2ccccc2)cc1. The van der Waals surface area contributed by atoms with Gasteiger partial charge < -0.3 is 14.8 Å².